The summed E-state index contributed by atoms with van der Waals surface area (Å²) < 4.78 is 2.38. The van der Waals surface area contributed by atoms with Crippen LogP contribution in [0, 0.1) is 0 Å². The fraction of sp³-hybridized carbons (Fsp3) is 0.216. The standard InChI is InChI=1S/C37H40N4/c1-5-40(6-2)31-21-13-27(14-22-31)37(28-15-23-32(24-16-28)41(7-3)8-4)35-25-26-36(34-12-10-9-11-33(34)35)39-30-19-17-29(38)18-20-30/h9-26H,5-8,38H2,1-4H3/p+1. The second-order valence-electron chi connectivity index (χ2n) is 10.3. The van der Waals surface area contributed by atoms with Gasteiger partial charge in [0.1, 0.15) is 13.1 Å². The Kier molecular flexibility index (Phi) is 8.69. The monoisotopic (exact) mass is 541 g/mol. The van der Waals surface area contributed by atoms with E-state index in [2.05, 4.69) is 127 Å². The Balaban J connectivity index is 1.67. The molecule has 0 unspecified atom stereocenters. The number of hydrogen-bond donors (Lipinski definition) is 2. The Hall–Kier alpha value is -4.57. The number of nitrogen functional groups attached to an aromatic ring is 1. The third-order valence-electron chi connectivity index (χ3n) is 7.95. The lowest BCUT2D eigenvalue weighted by Crippen LogP contribution is -2.21. The molecule has 0 bridgehead atoms. The van der Waals surface area contributed by atoms with E-state index in [0.717, 1.165) is 43.2 Å². The minimum Gasteiger partial charge on any atom is -0.399 e. The fourth-order valence-electron chi connectivity index (χ4n) is 5.68. The largest absolute Gasteiger partial charge is 0.399 e. The van der Waals surface area contributed by atoms with E-state index in [-0.39, 0.29) is 0 Å². The van der Waals surface area contributed by atoms with Gasteiger partial charge in [0.25, 0.3) is 0 Å². The van der Waals surface area contributed by atoms with Gasteiger partial charge in [-0.05, 0) is 110 Å². The first kappa shape index (κ1) is 28.0. The second kappa shape index (κ2) is 12.7. The van der Waals surface area contributed by atoms with Crippen molar-refractivity contribution in [3.05, 3.63) is 126 Å². The molecule has 208 valence electrons. The number of nitrogens with two attached hydrogens (primary N) is 1. The summed E-state index contributed by atoms with van der Waals surface area (Å²) in [5.41, 5.74) is 16.1. The van der Waals surface area contributed by atoms with Crippen LogP contribution in [-0.4, -0.2) is 36.5 Å². The van der Waals surface area contributed by atoms with Crippen LogP contribution < -0.4 is 16.0 Å². The van der Waals surface area contributed by atoms with Crippen LogP contribution in [0.25, 0.3) is 16.3 Å². The molecule has 0 radical (unpaired) electrons. The number of nitrogens with zero attached hydrogens (tertiary/aromatic N) is 2. The molecule has 1 aliphatic rings. The van der Waals surface area contributed by atoms with Crippen molar-refractivity contribution in [3.8, 4) is 0 Å². The van der Waals surface area contributed by atoms with Crippen molar-refractivity contribution >= 4 is 44.8 Å². The molecule has 4 heteroatoms. The molecule has 0 fully saturated rings. The molecule has 4 aromatic rings. The van der Waals surface area contributed by atoms with E-state index in [1.807, 2.05) is 24.3 Å². The van der Waals surface area contributed by atoms with Crippen LogP contribution >= 0.6 is 0 Å². The molecule has 5 rings (SSSR count). The van der Waals surface area contributed by atoms with Gasteiger partial charge in [0, 0.05) is 53.4 Å². The number of allylic oxidation sites excluding steroid dienone is 5. The summed E-state index contributed by atoms with van der Waals surface area (Å²) >= 11 is 0. The Bertz CT molecular complexity index is 1610. The molecule has 3 N–H and O–H groups in total. The molecule has 0 spiro atoms. The zero-order chi connectivity index (χ0) is 28.8. The van der Waals surface area contributed by atoms with E-state index in [4.69, 9.17) is 5.73 Å². The van der Waals surface area contributed by atoms with Crippen LogP contribution in [0.3, 0.4) is 0 Å². The van der Waals surface area contributed by atoms with Gasteiger partial charge in [0.05, 0.1) is 0 Å². The highest BCUT2D eigenvalue weighted by Crippen LogP contribution is 2.38. The Labute approximate surface area is 244 Å². The average Bonchev–Trinajstić information content (AvgIpc) is 3.02. The van der Waals surface area contributed by atoms with E-state index in [0.29, 0.717) is 0 Å². The summed E-state index contributed by atoms with van der Waals surface area (Å²) in [4.78, 5) is 2.38. The first-order valence-electron chi connectivity index (χ1n) is 14.8. The normalized spacial score (nSPS) is 12.6. The van der Waals surface area contributed by atoms with E-state index in [1.54, 1.807) is 0 Å². The predicted octanol–water partition coefficient (Wildman–Crippen LogP) is 8.43. The molecule has 4 nitrogen and oxygen atoms in total. The highest BCUT2D eigenvalue weighted by molar-refractivity contribution is 6.08. The molecular weight excluding hydrogens is 500 g/mol. The molecule has 0 heterocycles. The van der Waals surface area contributed by atoms with Gasteiger partial charge >= 0.3 is 0 Å². The van der Waals surface area contributed by atoms with Crippen LogP contribution in [0.15, 0.2) is 115 Å². The SMILES string of the molecule is CCN(CC)c1ccc(C(=C2C=CC(=[N+](CC)CC)C=C2)c2ccc(Nc3ccc(N)cc3)c3ccccc23)cc1. The van der Waals surface area contributed by atoms with Gasteiger partial charge in [0.2, 0.25) is 0 Å². The zero-order valence-electron chi connectivity index (χ0n) is 24.7. The first-order chi connectivity index (χ1) is 20.1. The minimum atomic E-state index is 0.758. The summed E-state index contributed by atoms with van der Waals surface area (Å²) in [6, 6.07) is 30.1. The molecule has 1 aliphatic carbocycles. The highest BCUT2D eigenvalue weighted by Gasteiger charge is 2.18. The van der Waals surface area contributed by atoms with Crippen LogP contribution in [0.2, 0.25) is 0 Å². The number of nitrogens with one attached hydrogen (secondary N) is 1. The minimum absolute atomic E-state index is 0.758. The second-order valence-corrected chi connectivity index (χ2v) is 10.3. The van der Waals surface area contributed by atoms with Crippen molar-refractivity contribution in [3.63, 3.8) is 0 Å². The maximum atomic E-state index is 5.92. The van der Waals surface area contributed by atoms with Gasteiger partial charge < -0.3 is 16.0 Å². The number of fused-ring (bicyclic) bond motifs is 1. The van der Waals surface area contributed by atoms with Crippen molar-refractivity contribution in [2.24, 2.45) is 0 Å². The molecule has 0 amide bonds. The molecular formula is C37H41N4+. The fourth-order valence-corrected chi connectivity index (χ4v) is 5.68. The topological polar surface area (TPSA) is 44.3 Å². The molecule has 0 atom stereocenters. The van der Waals surface area contributed by atoms with Crippen LogP contribution in [0.1, 0.15) is 38.8 Å². The maximum absolute atomic E-state index is 5.92. The van der Waals surface area contributed by atoms with Gasteiger partial charge in [-0.1, -0.05) is 42.5 Å². The highest BCUT2D eigenvalue weighted by atomic mass is 15.1. The van der Waals surface area contributed by atoms with Gasteiger partial charge in [0.15, 0.2) is 5.71 Å². The van der Waals surface area contributed by atoms with Gasteiger partial charge in [-0.15, -0.1) is 0 Å². The van der Waals surface area contributed by atoms with Crippen molar-refractivity contribution in [2.75, 3.05) is 42.1 Å². The van der Waals surface area contributed by atoms with Crippen LogP contribution in [0.4, 0.5) is 22.7 Å². The molecule has 0 saturated carbocycles. The molecule has 0 aromatic heterocycles. The first-order valence-corrected chi connectivity index (χ1v) is 14.8. The zero-order valence-corrected chi connectivity index (χ0v) is 24.7. The van der Waals surface area contributed by atoms with Gasteiger partial charge in [-0.2, -0.15) is 0 Å². The Morgan fingerprint density at radius 1 is 0.707 bits per heavy atom. The predicted molar refractivity (Wildman–Crippen MR) is 179 cm³/mol. The number of rotatable bonds is 9. The van der Waals surface area contributed by atoms with Crippen LogP contribution in [-0.2, 0) is 0 Å². The summed E-state index contributed by atoms with van der Waals surface area (Å²) in [7, 11) is 0. The van der Waals surface area contributed by atoms with Crippen LogP contribution in [0.5, 0.6) is 0 Å². The smallest absolute Gasteiger partial charge is 0.199 e. The van der Waals surface area contributed by atoms with Crippen molar-refractivity contribution in [1.82, 2.24) is 0 Å². The van der Waals surface area contributed by atoms with Crippen molar-refractivity contribution < 1.29 is 4.58 Å². The summed E-state index contributed by atoms with van der Waals surface area (Å²) in [6.45, 7) is 12.8. The van der Waals surface area contributed by atoms with E-state index < -0.39 is 0 Å². The van der Waals surface area contributed by atoms with Gasteiger partial charge in [-0.25, -0.2) is 4.58 Å². The average molecular weight is 542 g/mol. The number of benzene rings is 4. The lowest BCUT2D eigenvalue weighted by molar-refractivity contribution is -0.519. The van der Waals surface area contributed by atoms with E-state index in [9.17, 15) is 0 Å². The lowest BCUT2D eigenvalue weighted by Gasteiger charge is -2.22. The van der Waals surface area contributed by atoms with Crippen molar-refractivity contribution in [2.45, 2.75) is 27.7 Å². The van der Waals surface area contributed by atoms with E-state index >= 15 is 0 Å². The summed E-state index contributed by atoms with van der Waals surface area (Å²) in [5, 5.41) is 6.00. The summed E-state index contributed by atoms with van der Waals surface area (Å²) in [6.07, 6.45) is 9.06. The molecule has 41 heavy (non-hydrogen) atoms. The maximum Gasteiger partial charge on any atom is 0.199 e. The molecule has 0 saturated heterocycles. The third kappa shape index (κ3) is 5.97. The number of anilines is 4. The molecule has 0 aliphatic heterocycles. The van der Waals surface area contributed by atoms with Gasteiger partial charge in [-0.3, -0.25) is 0 Å². The molecule has 4 aromatic carbocycles. The Morgan fingerprint density at radius 3 is 1.95 bits per heavy atom. The number of hydrogen-bond acceptors (Lipinski definition) is 3. The Morgan fingerprint density at radius 2 is 1.34 bits per heavy atom. The quantitative estimate of drug-likeness (QED) is 0.165. The lowest BCUT2D eigenvalue weighted by atomic mass is 9.87. The summed E-state index contributed by atoms with van der Waals surface area (Å²) in [5.74, 6) is 0. The third-order valence-corrected chi connectivity index (χ3v) is 7.95. The van der Waals surface area contributed by atoms with E-state index in [1.165, 1.54) is 44.4 Å². The van der Waals surface area contributed by atoms with Crippen molar-refractivity contribution in [1.29, 1.82) is 0 Å².